The lowest BCUT2D eigenvalue weighted by Gasteiger charge is -2.30. The number of nitrogens with zero attached hydrogens (tertiary/aromatic N) is 2. The van der Waals surface area contributed by atoms with Gasteiger partial charge in [-0.25, -0.2) is 5.01 Å². The zero-order valence-corrected chi connectivity index (χ0v) is 14.9. The van der Waals surface area contributed by atoms with Crippen LogP contribution < -0.4 is 16.2 Å². The number of nitrogens with one attached hydrogen (secondary N) is 3. The molecule has 8 nitrogen and oxygen atoms in total. The first kappa shape index (κ1) is 17.8. The van der Waals surface area contributed by atoms with Crippen LogP contribution in [0.4, 0.5) is 0 Å². The summed E-state index contributed by atoms with van der Waals surface area (Å²) >= 11 is 0. The highest BCUT2D eigenvalue weighted by molar-refractivity contribution is 5.82. The molecule has 3 fully saturated rings. The summed E-state index contributed by atoms with van der Waals surface area (Å²) in [4.78, 5) is 20.4. The van der Waals surface area contributed by atoms with Crippen molar-refractivity contribution in [2.75, 3.05) is 39.4 Å². The molecule has 3 aliphatic heterocycles. The van der Waals surface area contributed by atoms with Gasteiger partial charge in [0.25, 0.3) is 0 Å². The fraction of sp³-hybridized carbons (Fsp3) is 0.611. The van der Waals surface area contributed by atoms with Crippen LogP contribution in [0.1, 0.15) is 12.0 Å². The molecule has 0 radical (unpaired) electrons. The summed E-state index contributed by atoms with van der Waals surface area (Å²) in [7, 11) is 0. The normalized spacial score (nSPS) is 30.5. The summed E-state index contributed by atoms with van der Waals surface area (Å²) in [6, 6.07) is 10.1. The van der Waals surface area contributed by atoms with E-state index in [9.17, 15) is 4.79 Å². The Morgan fingerprint density at radius 2 is 2.04 bits per heavy atom. The highest BCUT2D eigenvalue weighted by atomic mass is 16.7. The van der Waals surface area contributed by atoms with E-state index in [4.69, 9.17) is 9.57 Å². The minimum atomic E-state index is -0.300. The topological polar surface area (TPSA) is 78.1 Å². The lowest BCUT2D eigenvalue weighted by Crippen LogP contribution is -2.47. The number of rotatable bonds is 5. The molecular weight excluding hydrogens is 334 g/mol. The summed E-state index contributed by atoms with van der Waals surface area (Å²) in [5.41, 5.74) is 7.51. The monoisotopic (exact) mass is 361 g/mol. The van der Waals surface area contributed by atoms with Crippen LogP contribution in [0.15, 0.2) is 30.3 Å². The molecule has 0 saturated carbocycles. The summed E-state index contributed by atoms with van der Waals surface area (Å²) in [5.74, 6) is 0.00844. The standard InChI is InChI=1S/C18H27N5O3/c24-18(16-10-17(26-21-16)22-6-8-25-9-7-22)20-15-11-19-23(13-15)12-14-4-2-1-3-5-14/h1-5,15-17,19,21H,6-13H2,(H,20,24). The van der Waals surface area contributed by atoms with Gasteiger partial charge in [0, 0.05) is 39.1 Å². The van der Waals surface area contributed by atoms with Crippen LogP contribution in [0.2, 0.25) is 0 Å². The second kappa shape index (κ2) is 8.43. The summed E-state index contributed by atoms with van der Waals surface area (Å²) in [5, 5.41) is 5.28. The average molecular weight is 361 g/mol. The molecule has 26 heavy (non-hydrogen) atoms. The van der Waals surface area contributed by atoms with Crippen molar-refractivity contribution in [2.24, 2.45) is 0 Å². The number of hydrogen-bond acceptors (Lipinski definition) is 7. The number of hydrazine groups is 1. The Bertz CT molecular complexity index is 596. The summed E-state index contributed by atoms with van der Waals surface area (Å²) in [6.45, 7) is 5.52. The highest BCUT2D eigenvalue weighted by Gasteiger charge is 2.36. The first-order valence-corrected chi connectivity index (χ1v) is 9.33. The van der Waals surface area contributed by atoms with Gasteiger partial charge in [-0.15, -0.1) is 0 Å². The molecule has 1 aromatic rings. The molecule has 3 atom stereocenters. The second-order valence-electron chi connectivity index (χ2n) is 7.06. The van der Waals surface area contributed by atoms with Crippen molar-refractivity contribution in [3.63, 3.8) is 0 Å². The molecule has 0 aliphatic carbocycles. The minimum absolute atomic E-state index is 0.00844. The largest absolute Gasteiger partial charge is 0.379 e. The molecule has 1 amide bonds. The average Bonchev–Trinajstić information content (AvgIpc) is 3.33. The lowest BCUT2D eigenvalue weighted by atomic mass is 10.1. The maximum atomic E-state index is 12.6. The third-order valence-corrected chi connectivity index (χ3v) is 5.12. The molecule has 8 heteroatoms. The molecule has 1 aromatic carbocycles. The first-order chi connectivity index (χ1) is 12.8. The molecule has 0 bridgehead atoms. The van der Waals surface area contributed by atoms with Crippen LogP contribution in [0.3, 0.4) is 0 Å². The number of carbonyl (C=O) groups is 1. The van der Waals surface area contributed by atoms with Gasteiger partial charge in [0.1, 0.15) is 12.3 Å². The molecule has 3 N–H and O–H groups in total. The smallest absolute Gasteiger partial charge is 0.239 e. The van der Waals surface area contributed by atoms with Gasteiger partial charge in [-0.3, -0.25) is 20.0 Å². The fourth-order valence-electron chi connectivity index (χ4n) is 3.67. The van der Waals surface area contributed by atoms with Crippen molar-refractivity contribution >= 4 is 5.91 Å². The van der Waals surface area contributed by atoms with Crippen molar-refractivity contribution in [3.05, 3.63) is 35.9 Å². The highest BCUT2D eigenvalue weighted by Crippen LogP contribution is 2.17. The molecule has 3 heterocycles. The number of amides is 1. The van der Waals surface area contributed by atoms with E-state index < -0.39 is 0 Å². The van der Waals surface area contributed by atoms with E-state index in [1.54, 1.807) is 0 Å². The van der Waals surface area contributed by atoms with Crippen molar-refractivity contribution in [1.29, 1.82) is 0 Å². The van der Waals surface area contributed by atoms with E-state index in [1.165, 1.54) is 5.56 Å². The van der Waals surface area contributed by atoms with Crippen LogP contribution in [0.5, 0.6) is 0 Å². The zero-order chi connectivity index (χ0) is 17.8. The lowest BCUT2D eigenvalue weighted by molar-refractivity contribution is -0.126. The first-order valence-electron chi connectivity index (χ1n) is 9.33. The molecule has 0 spiro atoms. The Kier molecular flexibility index (Phi) is 5.78. The van der Waals surface area contributed by atoms with Crippen LogP contribution in [-0.4, -0.2) is 73.5 Å². The number of hydroxylamine groups is 1. The fourth-order valence-corrected chi connectivity index (χ4v) is 3.67. The van der Waals surface area contributed by atoms with Gasteiger partial charge in [0.15, 0.2) is 0 Å². The van der Waals surface area contributed by atoms with E-state index in [-0.39, 0.29) is 24.2 Å². The minimum Gasteiger partial charge on any atom is -0.379 e. The van der Waals surface area contributed by atoms with Gasteiger partial charge in [-0.2, -0.15) is 5.48 Å². The number of carbonyl (C=O) groups excluding carboxylic acids is 1. The Labute approximate surface area is 153 Å². The van der Waals surface area contributed by atoms with Gasteiger partial charge in [-0.05, 0) is 5.56 Å². The van der Waals surface area contributed by atoms with E-state index in [1.807, 2.05) is 18.2 Å². The van der Waals surface area contributed by atoms with Gasteiger partial charge < -0.3 is 10.1 Å². The van der Waals surface area contributed by atoms with E-state index in [0.29, 0.717) is 6.42 Å². The predicted octanol–water partition coefficient (Wildman–Crippen LogP) is -0.557. The molecular formula is C18H27N5O3. The molecule has 3 aliphatic rings. The Balaban J connectivity index is 1.21. The third kappa shape index (κ3) is 4.40. The van der Waals surface area contributed by atoms with Crippen LogP contribution >= 0.6 is 0 Å². The molecule has 142 valence electrons. The molecule has 0 aromatic heterocycles. The molecule has 3 unspecified atom stereocenters. The van der Waals surface area contributed by atoms with Crippen LogP contribution in [-0.2, 0) is 20.9 Å². The van der Waals surface area contributed by atoms with Crippen molar-refractivity contribution in [2.45, 2.75) is 31.3 Å². The Hall–Kier alpha value is -1.55. The Morgan fingerprint density at radius 3 is 2.85 bits per heavy atom. The van der Waals surface area contributed by atoms with Crippen molar-refractivity contribution < 1.29 is 14.4 Å². The van der Waals surface area contributed by atoms with Crippen LogP contribution in [0, 0.1) is 0 Å². The molecule has 3 saturated heterocycles. The van der Waals surface area contributed by atoms with E-state index in [2.05, 4.69) is 38.3 Å². The van der Waals surface area contributed by atoms with Crippen molar-refractivity contribution in [3.8, 4) is 0 Å². The Morgan fingerprint density at radius 1 is 1.23 bits per heavy atom. The number of ether oxygens (including phenoxy) is 1. The predicted molar refractivity (Wildman–Crippen MR) is 95.6 cm³/mol. The molecule has 4 rings (SSSR count). The maximum Gasteiger partial charge on any atom is 0.239 e. The SMILES string of the molecule is O=C(NC1CNN(Cc2ccccc2)C1)C1CC(N2CCOCC2)ON1. The van der Waals surface area contributed by atoms with E-state index in [0.717, 1.165) is 45.9 Å². The third-order valence-electron chi connectivity index (χ3n) is 5.12. The van der Waals surface area contributed by atoms with E-state index >= 15 is 0 Å². The number of benzene rings is 1. The number of morpholine rings is 1. The quantitative estimate of drug-likeness (QED) is 0.649. The van der Waals surface area contributed by atoms with Gasteiger partial charge >= 0.3 is 0 Å². The van der Waals surface area contributed by atoms with Crippen molar-refractivity contribution in [1.82, 2.24) is 26.1 Å². The van der Waals surface area contributed by atoms with Gasteiger partial charge in [-0.1, -0.05) is 30.3 Å². The maximum absolute atomic E-state index is 12.6. The van der Waals surface area contributed by atoms with Gasteiger partial charge in [0.05, 0.1) is 19.3 Å². The summed E-state index contributed by atoms with van der Waals surface area (Å²) in [6.07, 6.45) is 0.616. The second-order valence-corrected chi connectivity index (χ2v) is 7.06. The van der Waals surface area contributed by atoms with Gasteiger partial charge in [0.2, 0.25) is 5.91 Å². The summed E-state index contributed by atoms with van der Waals surface area (Å²) < 4.78 is 5.37. The number of hydrogen-bond donors (Lipinski definition) is 3. The zero-order valence-electron chi connectivity index (χ0n) is 14.9. The van der Waals surface area contributed by atoms with Crippen LogP contribution in [0.25, 0.3) is 0 Å².